The van der Waals surface area contributed by atoms with Gasteiger partial charge in [0.25, 0.3) is 0 Å². The zero-order valence-corrected chi connectivity index (χ0v) is 6.17. The minimum Gasteiger partial charge on any atom is -0.354 e. The van der Waals surface area contributed by atoms with Crippen molar-refractivity contribution in [2.24, 2.45) is 0 Å². The van der Waals surface area contributed by atoms with E-state index in [4.69, 9.17) is 5.41 Å². The largest absolute Gasteiger partial charge is 0.354 e. The zero-order chi connectivity index (χ0) is 7.40. The fourth-order valence-corrected chi connectivity index (χ4v) is 0.865. The molecular weight excluding hydrogens is 124 g/mol. The van der Waals surface area contributed by atoms with Crippen LogP contribution in [0.5, 0.6) is 0 Å². The zero-order valence-electron chi connectivity index (χ0n) is 6.17. The molecule has 0 atom stereocenters. The topological polar surface area (TPSA) is 28.8 Å². The Hall–Kier alpha value is -1.05. The molecule has 10 heavy (non-hydrogen) atoms. The Kier molecular flexibility index (Phi) is 2.26. The highest BCUT2D eigenvalue weighted by molar-refractivity contribution is 4.90. The van der Waals surface area contributed by atoms with Crippen molar-refractivity contribution in [1.29, 1.82) is 5.41 Å². The summed E-state index contributed by atoms with van der Waals surface area (Å²) in [4.78, 5) is 0. The van der Waals surface area contributed by atoms with Crippen LogP contribution in [0.1, 0.15) is 13.3 Å². The van der Waals surface area contributed by atoms with Gasteiger partial charge in [-0.1, -0.05) is 6.92 Å². The maximum absolute atomic E-state index is 7.21. The van der Waals surface area contributed by atoms with E-state index in [1.54, 1.807) is 12.1 Å². The van der Waals surface area contributed by atoms with E-state index < -0.39 is 0 Å². The molecule has 1 aromatic rings. The van der Waals surface area contributed by atoms with E-state index in [0.29, 0.717) is 5.36 Å². The van der Waals surface area contributed by atoms with Gasteiger partial charge in [-0.3, -0.25) is 0 Å². The van der Waals surface area contributed by atoms with Gasteiger partial charge in [-0.25, -0.2) is 0 Å². The molecule has 2 nitrogen and oxygen atoms in total. The number of rotatable bonds is 2. The predicted octanol–water partition coefficient (Wildman–Crippen LogP) is 1.38. The fourth-order valence-electron chi connectivity index (χ4n) is 0.865. The fraction of sp³-hybridized carbons (Fsp3) is 0.375. The molecule has 0 aliphatic heterocycles. The molecule has 0 saturated heterocycles. The summed E-state index contributed by atoms with van der Waals surface area (Å²) in [6.07, 6.45) is 5.01. The van der Waals surface area contributed by atoms with Crippen LogP contribution in [0.15, 0.2) is 24.5 Å². The molecule has 0 aliphatic rings. The number of hydrogen-bond donors (Lipinski definition) is 1. The first-order valence-electron chi connectivity index (χ1n) is 3.53. The van der Waals surface area contributed by atoms with Gasteiger partial charge in [0.15, 0.2) is 0 Å². The smallest absolute Gasteiger partial charge is 0.0568 e. The van der Waals surface area contributed by atoms with Crippen molar-refractivity contribution in [3.8, 4) is 0 Å². The molecule has 0 bridgehead atoms. The van der Waals surface area contributed by atoms with E-state index in [2.05, 4.69) is 11.5 Å². The Bertz CT molecular complexity index is 229. The second kappa shape index (κ2) is 3.20. The molecule has 0 spiro atoms. The van der Waals surface area contributed by atoms with Crippen LogP contribution in [0.2, 0.25) is 0 Å². The second-order valence-electron chi connectivity index (χ2n) is 2.32. The highest BCUT2D eigenvalue weighted by Gasteiger charge is 1.82. The van der Waals surface area contributed by atoms with Gasteiger partial charge in [-0.2, -0.15) is 0 Å². The van der Waals surface area contributed by atoms with E-state index in [-0.39, 0.29) is 0 Å². The molecule has 0 unspecified atom stereocenters. The normalized spacial score (nSPS) is 9.70. The Labute approximate surface area is 60.6 Å². The van der Waals surface area contributed by atoms with Crippen LogP contribution in [-0.4, -0.2) is 4.57 Å². The maximum atomic E-state index is 7.21. The Morgan fingerprint density at radius 1 is 1.40 bits per heavy atom. The number of pyridine rings is 1. The van der Waals surface area contributed by atoms with Crippen molar-refractivity contribution in [1.82, 2.24) is 4.57 Å². The molecule has 2 heteroatoms. The molecule has 0 saturated carbocycles. The number of aryl methyl sites for hydroxylation is 1. The minimum atomic E-state index is 0.576. The SMILES string of the molecule is CCCn1ccc(=N)cc1. The Morgan fingerprint density at radius 2 is 2.00 bits per heavy atom. The minimum absolute atomic E-state index is 0.576. The summed E-state index contributed by atoms with van der Waals surface area (Å²) in [7, 11) is 0. The number of nitrogens with zero attached hydrogens (tertiary/aromatic N) is 1. The lowest BCUT2D eigenvalue weighted by molar-refractivity contribution is 0.672. The number of nitrogens with one attached hydrogen (secondary N) is 1. The van der Waals surface area contributed by atoms with Crippen LogP contribution in [0.4, 0.5) is 0 Å². The van der Waals surface area contributed by atoms with E-state index in [1.807, 2.05) is 12.4 Å². The van der Waals surface area contributed by atoms with Gasteiger partial charge in [0.2, 0.25) is 0 Å². The average molecular weight is 136 g/mol. The van der Waals surface area contributed by atoms with Gasteiger partial charge < -0.3 is 9.98 Å². The lowest BCUT2D eigenvalue weighted by atomic mass is 10.4. The van der Waals surface area contributed by atoms with Crippen molar-refractivity contribution in [3.63, 3.8) is 0 Å². The summed E-state index contributed by atoms with van der Waals surface area (Å²) in [6.45, 7) is 3.18. The Morgan fingerprint density at radius 3 is 2.50 bits per heavy atom. The van der Waals surface area contributed by atoms with Crippen molar-refractivity contribution < 1.29 is 0 Å². The first-order valence-corrected chi connectivity index (χ1v) is 3.53. The van der Waals surface area contributed by atoms with Crippen LogP contribution >= 0.6 is 0 Å². The van der Waals surface area contributed by atoms with E-state index in [0.717, 1.165) is 13.0 Å². The quantitative estimate of drug-likeness (QED) is 0.636. The first-order chi connectivity index (χ1) is 4.83. The summed E-state index contributed by atoms with van der Waals surface area (Å²) < 4.78 is 2.08. The summed E-state index contributed by atoms with van der Waals surface area (Å²) in [5.41, 5.74) is 0. The molecule has 54 valence electrons. The first kappa shape index (κ1) is 7.06. The summed E-state index contributed by atoms with van der Waals surface area (Å²) in [6, 6.07) is 3.60. The molecule has 1 rings (SSSR count). The van der Waals surface area contributed by atoms with Crippen molar-refractivity contribution >= 4 is 0 Å². The van der Waals surface area contributed by atoms with E-state index in [1.165, 1.54) is 0 Å². The summed E-state index contributed by atoms with van der Waals surface area (Å²) in [5.74, 6) is 0. The van der Waals surface area contributed by atoms with Crippen molar-refractivity contribution in [3.05, 3.63) is 29.9 Å². The van der Waals surface area contributed by atoms with Crippen LogP contribution < -0.4 is 5.36 Å². The van der Waals surface area contributed by atoms with Crippen LogP contribution in [0.25, 0.3) is 0 Å². The number of aromatic nitrogens is 1. The summed E-state index contributed by atoms with van der Waals surface area (Å²) >= 11 is 0. The van der Waals surface area contributed by atoms with Gasteiger partial charge in [0.05, 0.1) is 5.36 Å². The third-order valence-corrected chi connectivity index (χ3v) is 1.37. The molecule has 0 amide bonds. The molecular formula is C8H12N2. The standard InChI is InChI=1S/C8H12N2/c1-2-5-10-6-3-8(9)4-7-10/h3-4,6-7,9H,2,5H2,1H3. The van der Waals surface area contributed by atoms with Crippen LogP contribution in [-0.2, 0) is 6.54 Å². The van der Waals surface area contributed by atoms with Gasteiger partial charge in [0.1, 0.15) is 0 Å². The molecule has 1 N–H and O–H groups in total. The van der Waals surface area contributed by atoms with Crippen LogP contribution in [0.3, 0.4) is 0 Å². The monoisotopic (exact) mass is 136 g/mol. The highest BCUT2D eigenvalue weighted by atomic mass is 14.9. The van der Waals surface area contributed by atoms with Crippen molar-refractivity contribution in [2.45, 2.75) is 19.9 Å². The van der Waals surface area contributed by atoms with E-state index >= 15 is 0 Å². The molecule has 1 aromatic heterocycles. The molecule has 1 heterocycles. The highest BCUT2D eigenvalue weighted by Crippen LogP contribution is 1.86. The van der Waals surface area contributed by atoms with E-state index in [9.17, 15) is 0 Å². The predicted molar refractivity (Wildman–Crippen MR) is 40.6 cm³/mol. The van der Waals surface area contributed by atoms with Crippen molar-refractivity contribution in [2.75, 3.05) is 0 Å². The molecule has 0 fully saturated rings. The lowest BCUT2D eigenvalue weighted by Crippen LogP contribution is -2.02. The lowest BCUT2D eigenvalue weighted by Gasteiger charge is -2.01. The Balaban J connectivity index is 2.79. The molecule has 0 aromatic carbocycles. The van der Waals surface area contributed by atoms with Crippen LogP contribution in [0, 0.1) is 5.41 Å². The molecule has 0 aliphatic carbocycles. The van der Waals surface area contributed by atoms with Gasteiger partial charge in [-0.05, 0) is 18.6 Å². The maximum Gasteiger partial charge on any atom is 0.0568 e. The van der Waals surface area contributed by atoms with Gasteiger partial charge in [-0.15, -0.1) is 0 Å². The molecule has 0 radical (unpaired) electrons. The van der Waals surface area contributed by atoms with Gasteiger partial charge in [0, 0.05) is 18.9 Å². The third kappa shape index (κ3) is 1.72. The van der Waals surface area contributed by atoms with Gasteiger partial charge >= 0.3 is 0 Å². The average Bonchev–Trinajstić information content (AvgIpc) is 1.95. The third-order valence-electron chi connectivity index (χ3n) is 1.37. The number of hydrogen-bond acceptors (Lipinski definition) is 1. The second-order valence-corrected chi connectivity index (χ2v) is 2.32. The summed E-state index contributed by atoms with van der Waals surface area (Å²) in [5, 5.41) is 7.79.